The van der Waals surface area contributed by atoms with Crippen LogP contribution in [0.4, 0.5) is 4.39 Å². The highest BCUT2D eigenvalue weighted by atomic mass is 19.1. The quantitative estimate of drug-likeness (QED) is 0.325. The molecule has 190 valence electrons. The zero-order valence-corrected chi connectivity index (χ0v) is 20.3. The number of halogens is 1. The van der Waals surface area contributed by atoms with Gasteiger partial charge in [-0.3, -0.25) is 0 Å². The summed E-state index contributed by atoms with van der Waals surface area (Å²) in [6.07, 6.45) is 7.58. The molecule has 1 aliphatic carbocycles. The summed E-state index contributed by atoms with van der Waals surface area (Å²) in [5.74, 6) is 0.533. The van der Waals surface area contributed by atoms with E-state index in [2.05, 4.69) is 25.6 Å². The maximum absolute atomic E-state index is 13.9. The number of fused-ring (bicyclic) bond motifs is 1. The number of pyridine rings is 1. The molecule has 2 aliphatic rings. The van der Waals surface area contributed by atoms with Gasteiger partial charge in [-0.2, -0.15) is 9.37 Å². The molecule has 4 heterocycles. The number of nitrogens with zero attached hydrogens (tertiary/aromatic N) is 5. The normalized spacial score (nSPS) is 19.6. The summed E-state index contributed by atoms with van der Waals surface area (Å²) in [6, 6.07) is 3.45. The van der Waals surface area contributed by atoms with Crippen molar-refractivity contribution in [3.05, 3.63) is 47.6 Å². The van der Waals surface area contributed by atoms with Crippen molar-refractivity contribution in [1.82, 2.24) is 24.5 Å². The second-order valence-corrected chi connectivity index (χ2v) is 8.92. The van der Waals surface area contributed by atoms with Crippen LogP contribution < -0.4 is 4.74 Å². The van der Waals surface area contributed by atoms with E-state index in [1.807, 2.05) is 6.07 Å². The summed E-state index contributed by atoms with van der Waals surface area (Å²) in [5.41, 5.74) is 2.63. The molecular formula is C25H28FN5O5. The van der Waals surface area contributed by atoms with E-state index in [-0.39, 0.29) is 24.5 Å². The maximum atomic E-state index is 13.9. The SMILES string of the molecule is COCOc1nc(C2=CCC(Cc3nc4ccc(C(=O)OC)nc4n3C[C@@H]3CCO3)CC2)ncc1F. The third kappa shape index (κ3) is 5.07. The summed E-state index contributed by atoms with van der Waals surface area (Å²) < 4.78 is 36.6. The predicted molar refractivity (Wildman–Crippen MR) is 127 cm³/mol. The summed E-state index contributed by atoms with van der Waals surface area (Å²) in [4.78, 5) is 29.8. The Morgan fingerprint density at radius 2 is 2.08 bits per heavy atom. The Labute approximate surface area is 207 Å². The summed E-state index contributed by atoms with van der Waals surface area (Å²) in [6.45, 7) is 1.32. The lowest BCUT2D eigenvalue weighted by molar-refractivity contribution is -0.0591. The predicted octanol–water partition coefficient (Wildman–Crippen LogP) is 3.34. The number of aromatic nitrogens is 5. The van der Waals surface area contributed by atoms with Crippen LogP contribution in [0.2, 0.25) is 0 Å². The molecule has 0 radical (unpaired) electrons. The lowest BCUT2D eigenvalue weighted by atomic mass is 9.87. The van der Waals surface area contributed by atoms with Crippen LogP contribution >= 0.6 is 0 Å². The smallest absolute Gasteiger partial charge is 0.356 e. The molecule has 5 rings (SSSR count). The van der Waals surface area contributed by atoms with Crippen LogP contribution in [0.1, 0.15) is 47.8 Å². The number of allylic oxidation sites excluding steroid dienone is 2. The Bertz CT molecular complexity index is 1290. The molecule has 2 atom stereocenters. The molecule has 0 saturated carbocycles. The third-order valence-electron chi connectivity index (χ3n) is 6.55. The van der Waals surface area contributed by atoms with Crippen molar-refractivity contribution in [1.29, 1.82) is 0 Å². The summed E-state index contributed by atoms with van der Waals surface area (Å²) in [7, 11) is 2.81. The van der Waals surface area contributed by atoms with Gasteiger partial charge in [0, 0.05) is 20.1 Å². The van der Waals surface area contributed by atoms with Gasteiger partial charge in [0.2, 0.25) is 5.82 Å². The van der Waals surface area contributed by atoms with Crippen LogP contribution in [-0.4, -0.2) is 64.2 Å². The van der Waals surface area contributed by atoms with Crippen molar-refractivity contribution < 1.29 is 28.1 Å². The van der Waals surface area contributed by atoms with Gasteiger partial charge >= 0.3 is 5.97 Å². The van der Waals surface area contributed by atoms with E-state index in [1.165, 1.54) is 14.2 Å². The van der Waals surface area contributed by atoms with Gasteiger partial charge in [0.25, 0.3) is 5.88 Å². The maximum Gasteiger partial charge on any atom is 0.356 e. The Kier molecular flexibility index (Phi) is 7.19. The number of carbonyl (C=O) groups is 1. The topological polar surface area (TPSA) is 110 Å². The first-order valence-corrected chi connectivity index (χ1v) is 12.0. The lowest BCUT2D eigenvalue weighted by Gasteiger charge is -2.28. The number of carbonyl (C=O) groups excluding carboxylic acids is 1. The molecule has 0 bridgehead atoms. The van der Waals surface area contributed by atoms with E-state index >= 15 is 0 Å². The van der Waals surface area contributed by atoms with Gasteiger partial charge in [-0.15, -0.1) is 0 Å². The van der Waals surface area contributed by atoms with E-state index in [0.29, 0.717) is 23.9 Å². The van der Waals surface area contributed by atoms with Crippen LogP contribution in [0.5, 0.6) is 5.88 Å². The average molecular weight is 498 g/mol. The van der Waals surface area contributed by atoms with Gasteiger partial charge in [0.05, 0.1) is 26.0 Å². The Hall–Kier alpha value is -3.44. The molecule has 1 fully saturated rings. The largest absolute Gasteiger partial charge is 0.464 e. The van der Waals surface area contributed by atoms with Crippen molar-refractivity contribution in [3.63, 3.8) is 0 Å². The van der Waals surface area contributed by atoms with E-state index < -0.39 is 11.8 Å². The van der Waals surface area contributed by atoms with Gasteiger partial charge in [0.1, 0.15) is 11.3 Å². The van der Waals surface area contributed by atoms with Crippen LogP contribution in [0.3, 0.4) is 0 Å². The second-order valence-electron chi connectivity index (χ2n) is 8.92. The van der Waals surface area contributed by atoms with Gasteiger partial charge in [-0.1, -0.05) is 6.08 Å². The first-order valence-electron chi connectivity index (χ1n) is 12.0. The Balaban J connectivity index is 1.35. The fourth-order valence-electron chi connectivity index (χ4n) is 4.50. The van der Waals surface area contributed by atoms with Crippen molar-refractivity contribution in [2.45, 2.75) is 44.8 Å². The molecule has 0 aromatic carbocycles. The van der Waals surface area contributed by atoms with Crippen LogP contribution in [0.15, 0.2) is 24.4 Å². The standard InChI is InChI=1S/C25H28FN5O5/c1-33-14-36-24-18(26)12-27-22(30-24)16-5-3-15(4-6-16)11-21-28-19-7-8-20(25(32)34-2)29-23(19)31(21)13-17-9-10-35-17/h5,7-8,12,15,17H,3-4,6,9-11,13-14H2,1-2H3/t15?,17-/m0/s1. The van der Waals surface area contributed by atoms with Crippen LogP contribution in [-0.2, 0) is 27.2 Å². The molecular weight excluding hydrogens is 469 g/mol. The molecule has 11 heteroatoms. The first kappa shape index (κ1) is 24.3. The molecule has 0 N–H and O–H groups in total. The van der Waals surface area contributed by atoms with Gasteiger partial charge in [0.15, 0.2) is 24.0 Å². The minimum absolute atomic E-state index is 0.0859. The number of methoxy groups -OCH3 is 2. The highest BCUT2D eigenvalue weighted by molar-refractivity contribution is 5.89. The lowest BCUT2D eigenvalue weighted by Crippen LogP contribution is -2.32. The zero-order valence-electron chi connectivity index (χ0n) is 20.3. The van der Waals surface area contributed by atoms with Gasteiger partial charge < -0.3 is 23.5 Å². The first-order chi connectivity index (χ1) is 17.6. The molecule has 3 aromatic rings. The molecule has 0 spiro atoms. The minimum Gasteiger partial charge on any atom is -0.464 e. The molecule has 1 saturated heterocycles. The average Bonchev–Trinajstić information content (AvgIpc) is 3.21. The highest BCUT2D eigenvalue weighted by Crippen LogP contribution is 2.32. The van der Waals surface area contributed by atoms with E-state index in [9.17, 15) is 9.18 Å². The number of hydrogen-bond acceptors (Lipinski definition) is 9. The third-order valence-corrected chi connectivity index (χ3v) is 6.55. The number of hydrogen-bond donors (Lipinski definition) is 0. The molecule has 1 aliphatic heterocycles. The number of imidazole rings is 1. The van der Waals surface area contributed by atoms with Crippen molar-refractivity contribution in [2.24, 2.45) is 5.92 Å². The minimum atomic E-state index is -0.622. The molecule has 36 heavy (non-hydrogen) atoms. The van der Waals surface area contributed by atoms with E-state index in [0.717, 1.165) is 61.8 Å². The van der Waals surface area contributed by atoms with Crippen molar-refractivity contribution in [3.8, 4) is 5.88 Å². The van der Waals surface area contributed by atoms with Crippen molar-refractivity contribution >= 4 is 22.7 Å². The monoisotopic (exact) mass is 497 g/mol. The summed E-state index contributed by atoms with van der Waals surface area (Å²) in [5, 5.41) is 0. The molecule has 3 aromatic heterocycles. The molecule has 0 amide bonds. The van der Waals surface area contributed by atoms with E-state index in [4.69, 9.17) is 23.9 Å². The second kappa shape index (κ2) is 10.7. The highest BCUT2D eigenvalue weighted by Gasteiger charge is 2.26. The summed E-state index contributed by atoms with van der Waals surface area (Å²) >= 11 is 0. The fraction of sp³-hybridized carbons (Fsp3) is 0.480. The zero-order chi connectivity index (χ0) is 25.1. The number of rotatable bonds is 9. The van der Waals surface area contributed by atoms with Gasteiger partial charge in [-0.25, -0.2) is 19.7 Å². The Morgan fingerprint density at radius 3 is 2.78 bits per heavy atom. The van der Waals surface area contributed by atoms with E-state index in [1.54, 1.807) is 6.07 Å². The van der Waals surface area contributed by atoms with Crippen molar-refractivity contribution in [2.75, 3.05) is 27.6 Å². The van der Waals surface area contributed by atoms with Crippen LogP contribution in [0.25, 0.3) is 16.7 Å². The molecule has 10 nitrogen and oxygen atoms in total. The fourth-order valence-corrected chi connectivity index (χ4v) is 4.50. The molecule has 1 unspecified atom stereocenters. The number of esters is 1. The van der Waals surface area contributed by atoms with Gasteiger partial charge in [-0.05, 0) is 49.3 Å². The van der Waals surface area contributed by atoms with Crippen LogP contribution in [0, 0.1) is 11.7 Å². The number of ether oxygens (including phenoxy) is 4. The Morgan fingerprint density at radius 1 is 1.22 bits per heavy atom.